The molecule has 1 aliphatic rings. The summed E-state index contributed by atoms with van der Waals surface area (Å²) in [5.41, 5.74) is 4.01. The average molecular weight is 348 g/mol. The number of benzene rings is 2. The van der Waals surface area contributed by atoms with Gasteiger partial charge in [-0.05, 0) is 49.1 Å². The van der Waals surface area contributed by atoms with Crippen molar-refractivity contribution >= 4 is 23.4 Å². The Kier molecular flexibility index (Phi) is 5.67. The molecule has 1 unspecified atom stereocenters. The number of esters is 1. The summed E-state index contributed by atoms with van der Waals surface area (Å²) in [4.78, 5) is 24.4. The van der Waals surface area contributed by atoms with Gasteiger partial charge in [-0.25, -0.2) is 4.79 Å². The molecular weight excluding hydrogens is 324 g/mol. The van der Waals surface area contributed by atoms with Crippen molar-refractivity contribution in [1.29, 1.82) is 0 Å². The molecule has 0 aromatic heterocycles. The lowest BCUT2D eigenvalue weighted by molar-refractivity contribution is 0.0398. The minimum absolute atomic E-state index is 0.0287. The topological polar surface area (TPSA) is 43.4 Å². The van der Waals surface area contributed by atoms with E-state index in [-0.39, 0.29) is 17.9 Å². The first-order valence-corrected chi connectivity index (χ1v) is 9.23. The second-order valence-corrected chi connectivity index (χ2v) is 6.71. The number of hydrogen-bond donors (Lipinski definition) is 0. The van der Waals surface area contributed by atoms with Gasteiger partial charge in [0.25, 0.3) is 0 Å². The van der Waals surface area contributed by atoms with E-state index in [1.54, 1.807) is 13.0 Å². The zero-order valence-electron chi connectivity index (χ0n) is 15.3. The Morgan fingerprint density at radius 3 is 2.65 bits per heavy atom. The van der Waals surface area contributed by atoms with E-state index in [0.29, 0.717) is 11.1 Å². The van der Waals surface area contributed by atoms with Gasteiger partial charge in [0.2, 0.25) is 0 Å². The summed E-state index contributed by atoms with van der Waals surface area (Å²) < 4.78 is 5.86. The fraction of sp³-hybridized carbons (Fsp3) is 0.304. The Labute approximate surface area is 154 Å². The maximum absolute atomic E-state index is 12.6. The number of hydrogen-bond acceptors (Lipinski definition) is 3. The summed E-state index contributed by atoms with van der Waals surface area (Å²) in [5.74, 6) is -0.253. The number of fused-ring (bicyclic) bond motifs is 1. The average Bonchev–Trinajstić information content (AvgIpc) is 2.79. The molecule has 0 aliphatic carbocycles. The van der Waals surface area contributed by atoms with Crippen LogP contribution in [0.2, 0.25) is 0 Å². The van der Waals surface area contributed by atoms with Crippen LogP contribution in [0, 0.1) is 0 Å². The second-order valence-electron chi connectivity index (χ2n) is 6.71. The molecule has 1 atom stereocenters. The van der Waals surface area contributed by atoms with Gasteiger partial charge in [0.05, 0.1) is 5.56 Å². The Balaban J connectivity index is 2.06. The van der Waals surface area contributed by atoms with Crippen LogP contribution in [-0.2, 0) is 4.74 Å². The summed E-state index contributed by atoms with van der Waals surface area (Å²) in [6, 6.07) is 15.1. The van der Waals surface area contributed by atoms with Gasteiger partial charge in [0.1, 0.15) is 6.10 Å². The molecule has 0 fully saturated rings. The van der Waals surface area contributed by atoms with Crippen LogP contribution in [0.15, 0.2) is 48.5 Å². The Hall–Kier alpha value is -2.68. The predicted molar refractivity (Wildman–Crippen MR) is 104 cm³/mol. The van der Waals surface area contributed by atoms with Gasteiger partial charge in [-0.1, -0.05) is 56.2 Å². The lowest BCUT2D eigenvalue weighted by Gasteiger charge is -2.20. The SMILES string of the molecule is CCCCCC1OC(=O)c2ccccc2C=C1c1cccc(C(C)=O)c1. The van der Waals surface area contributed by atoms with Gasteiger partial charge in [-0.15, -0.1) is 0 Å². The van der Waals surface area contributed by atoms with Gasteiger partial charge in [0, 0.05) is 11.1 Å². The fourth-order valence-electron chi connectivity index (χ4n) is 3.31. The molecule has 0 spiro atoms. The second kappa shape index (κ2) is 8.13. The molecule has 1 aliphatic heterocycles. The Bertz CT molecular complexity index is 848. The third-order valence-corrected chi connectivity index (χ3v) is 4.76. The van der Waals surface area contributed by atoms with E-state index in [0.717, 1.165) is 42.4 Å². The standard InChI is InChI=1S/C23H24O3/c1-3-4-5-13-22-21(18-11-8-10-17(14-18)16(2)24)15-19-9-6-7-12-20(19)23(25)26-22/h6-12,14-15,22H,3-5,13H2,1-2H3. The highest BCUT2D eigenvalue weighted by Gasteiger charge is 2.26. The summed E-state index contributed by atoms with van der Waals surface area (Å²) in [6.07, 6.45) is 5.72. The Morgan fingerprint density at radius 1 is 1.08 bits per heavy atom. The molecule has 0 saturated carbocycles. The van der Waals surface area contributed by atoms with E-state index in [9.17, 15) is 9.59 Å². The van der Waals surface area contributed by atoms with E-state index in [4.69, 9.17) is 4.74 Å². The van der Waals surface area contributed by atoms with Crippen molar-refractivity contribution in [3.05, 3.63) is 70.8 Å². The van der Waals surface area contributed by atoms with Gasteiger partial charge >= 0.3 is 5.97 Å². The van der Waals surface area contributed by atoms with Crippen LogP contribution in [0.25, 0.3) is 11.6 Å². The maximum atomic E-state index is 12.6. The Morgan fingerprint density at radius 2 is 1.88 bits per heavy atom. The number of unbranched alkanes of at least 4 members (excludes halogenated alkanes) is 2. The van der Waals surface area contributed by atoms with Crippen LogP contribution in [0.4, 0.5) is 0 Å². The maximum Gasteiger partial charge on any atom is 0.339 e. The number of Topliss-reactive ketones (excluding diaryl/α,β-unsaturated/α-hetero) is 1. The summed E-state index contributed by atoms with van der Waals surface area (Å²) in [5, 5.41) is 0. The molecular formula is C23H24O3. The molecule has 26 heavy (non-hydrogen) atoms. The van der Waals surface area contributed by atoms with Crippen molar-refractivity contribution < 1.29 is 14.3 Å². The van der Waals surface area contributed by atoms with Crippen molar-refractivity contribution in [3.8, 4) is 0 Å². The van der Waals surface area contributed by atoms with Crippen molar-refractivity contribution in [2.75, 3.05) is 0 Å². The monoisotopic (exact) mass is 348 g/mol. The van der Waals surface area contributed by atoms with Crippen molar-refractivity contribution in [2.45, 2.75) is 45.6 Å². The number of cyclic esters (lactones) is 1. The molecule has 3 nitrogen and oxygen atoms in total. The van der Waals surface area contributed by atoms with Crippen LogP contribution in [0.3, 0.4) is 0 Å². The van der Waals surface area contributed by atoms with Crippen LogP contribution >= 0.6 is 0 Å². The van der Waals surface area contributed by atoms with Crippen molar-refractivity contribution in [2.24, 2.45) is 0 Å². The van der Waals surface area contributed by atoms with Gasteiger partial charge in [0.15, 0.2) is 5.78 Å². The highest BCUT2D eigenvalue weighted by Crippen LogP contribution is 2.32. The first-order valence-electron chi connectivity index (χ1n) is 9.23. The molecule has 0 N–H and O–H groups in total. The van der Waals surface area contributed by atoms with Gasteiger partial charge in [-0.2, -0.15) is 0 Å². The summed E-state index contributed by atoms with van der Waals surface area (Å²) in [6.45, 7) is 3.72. The van der Waals surface area contributed by atoms with Crippen molar-refractivity contribution in [1.82, 2.24) is 0 Å². The lowest BCUT2D eigenvalue weighted by atomic mass is 9.93. The van der Waals surface area contributed by atoms with E-state index >= 15 is 0 Å². The third kappa shape index (κ3) is 3.93. The van der Waals surface area contributed by atoms with E-state index in [1.807, 2.05) is 48.5 Å². The zero-order valence-corrected chi connectivity index (χ0v) is 15.3. The molecule has 0 bridgehead atoms. The highest BCUT2D eigenvalue weighted by molar-refractivity contribution is 6.01. The fourth-order valence-corrected chi connectivity index (χ4v) is 3.31. The predicted octanol–water partition coefficient (Wildman–Crippen LogP) is 5.55. The molecule has 2 aromatic carbocycles. The van der Waals surface area contributed by atoms with Crippen LogP contribution in [-0.4, -0.2) is 17.9 Å². The summed E-state index contributed by atoms with van der Waals surface area (Å²) in [7, 11) is 0. The van der Waals surface area contributed by atoms with Gasteiger partial charge < -0.3 is 4.74 Å². The number of rotatable bonds is 6. The molecule has 134 valence electrons. The smallest absolute Gasteiger partial charge is 0.339 e. The molecule has 1 heterocycles. The minimum Gasteiger partial charge on any atom is -0.454 e. The lowest BCUT2D eigenvalue weighted by Crippen LogP contribution is -2.18. The van der Waals surface area contributed by atoms with Crippen molar-refractivity contribution in [3.63, 3.8) is 0 Å². The van der Waals surface area contributed by atoms with Gasteiger partial charge in [-0.3, -0.25) is 4.79 Å². The first-order chi connectivity index (χ1) is 12.6. The number of ether oxygens (including phenoxy) is 1. The zero-order chi connectivity index (χ0) is 18.5. The molecule has 0 saturated heterocycles. The van der Waals surface area contributed by atoms with E-state index in [2.05, 4.69) is 6.92 Å². The summed E-state index contributed by atoms with van der Waals surface area (Å²) >= 11 is 0. The van der Waals surface area contributed by atoms with E-state index in [1.165, 1.54) is 0 Å². The van der Waals surface area contributed by atoms with E-state index < -0.39 is 0 Å². The van der Waals surface area contributed by atoms with Crippen LogP contribution in [0.5, 0.6) is 0 Å². The number of carbonyl (C=O) groups excluding carboxylic acids is 2. The molecule has 3 heteroatoms. The number of carbonyl (C=O) groups is 2. The molecule has 0 radical (unpaired) electrons. The normalized spacial score (nSPS) is 16.3. The first kappa shape index (κ1) is 18.1. The van der Waals surface area contributed by atoms with Crippen LogP contribution in [0.1, 0.15) is 71.4 Å². The third-order valence-electron chi connectivity index (χ3n) is 4.76. The molecule has 0 amide bonds. The quantitative estimate of drug-likeness (QED) is 0.390. The molecule has 3 rings (SSSR count). The number of ketones is 1. The largest absolute Gasteiger partial charge is 0.454 e. The molecule has 2 aromatic rings. The van der Waals surface area contributed by atoms with Crippen LogP contribution < -0.4 is 0 Å². The highest BCUT2D eigenvalue weighted by atomic mass is 16.5. The minimum atomic E-state index is -0.302.